The highest BCUT2D eigenvalue weighted by Crippen LogP contribution is 2.27. The number of hydrogen-bond acceptors (Lipinski definition) is 4. The second-order valence-electron chi connectivity index (χ2n) is 5.06. The van der Waals surface area contributed by atoms with E-state index < -0.39 is 22.3 Å². The van der Waals surface area contributed by atoms with Gasteiger partial charge in [-0.05, 0) is 37.9 Å². The zero-order chi connectivity index (χ0) is 14.9. The molecule has 1 aromatic rings. The first kappa shape index (κ1) is 17.3. The maximum absolute atomic E-state index is 13.1. The average molecular weight is 318 g/mol. The summed E-state index contributed by atoms with van der Waals surface area (Å²) in [6.45, 7) is 2.83. The Labute approximate surface area is 127 Å². The van der Waals surface area contributed by atoms with E-state index in [0.29, 0.717) is 13.1 Å². The first-order chi connectivity index (χ1) is 9.43. The molecule has 0 aliphatic carbocycles. The molecular formula is C13H17ClFN3O3. The van der Waals surface area contributed by atoms with Crippen LogP contribution in [0.3, 0.4) is 0 Å². The normalized spacial score (nSPS) is 21.0. The smallest absolute Gasteiger partial charge is 0.285 e. The lowest BCUT2D eigenvalue weighted by Crippen LogP contribution is -2.34. The Morgan fingerprint density at radius 2 is 2.24 bits per heavy atom. The lowest BCUT2D eigenvalue weighted by molar-refractivity contribution is -0.385. The molecule has 1 saturated heterocycles. The molecule has 2 N–H and O–H groups in total. The van der Waals surface area contributed by atoms with Crippen molar-refractivity contribution in [2.45, 2.75) is 19.4 Å². The molecule has 6 nitrogen and oxygen atoms in total. The molecule has 1 aliphatic rings. The number of hydrogen-bond donors (Lipinski definition) is 1. The highest BCUT2D eigenvalue weighted by molar-refractivity contribution is 5.98. The lowest BCUT2D eigenvalue weighted by atomic mass is 10.1. The van der Waals surface area contributed by atoms with Crippen LogP contribution in [0.2, 0.25) is 0 Å². The maximum Gasteiger partial charge on any atom is 0.285 e. The molecule has 21 heavy (non-hydrogen) atoms. The van der Waals surface area contributed by atoms with E-state index in [0.717, 1.165) is 24.6 Å². The number of nitro groups is 1. The highest BCUT2D eigenvalue weighted by Gasteiger charge is 2.34. The Kier molecular flexibility index (Phi) is 5.62. The van der Waals surface area contributed by atoms with Crippen molar-refractivity contribution in [1.82, 2.24) is 4.90 Å². The third-order valence-corrected chi connectivity index (χ3v) is 3.64. The monoisotopic (exact) mass is 317 g/mol. The number of nitro benzene ring substituents is 1. The largest absolute Gasteiger partial charge is 0.335 e. The maximum atomic E-state index is 13.1. The predicted octanol–water partition coefficient (Wildman–Crippen LogP) is 1.97. The van der Waals surface area contributed by atoms with E-state index in [1.807, 2.05) is 6.92 Å². The van der Waals surface area contributed by atoms with Gasteiger partial charge in [0.15, 0.2) is 0 Å². The van der Waals surface area contributed by atoms with Gasteiger partial charge in [0.25, 0.3) is 11.6 Å². The predicted molar refractivity (Wildman–Crippen MR) is 78.0 cm³/mol. The van der Waals surface area contributed by atoms with Gasteiger partial charge in [0, 0.05) is 12.6 Å². The quantitative estimate of drug-likeness (QED) is 0.681. The number of carbonyl (C=O) groups is 1. The van der Waals surface area contributed by atoms with E-state index in [2.05, 4.69) is 0 Å². The van der Waals surface area contributed by atoms with Crippen LogP contribution in [0.5, 0.6) is 0 Å². The molecule has 1 fully saturated rings. The minimum atomic E-state index is -0.739. The molecule has 2 rings (SSSR count). The number of nitrogens with zero attached hydrogens (tertiary/aromatic N) is 2. The van der Waals surface area contributed by atoms with Crippen molar-refractivity contribution in [3.8, 4) is 0 Å². The molecule has 1 amide bonds. The van der Waals surface area contributed by atoms with Gasteiger partial charge in [-0.3, -0.25) is 14.9 Å². The van der Waals surface area contributed by atoms with Gasteiger partial charge in [0.05, 0.1) is 11.0 Å². The van der Waals surface area contributed by atoms with Crippen LogP contribution in [0.4, 0.5) is 10.1 Å². The van der Waals surface area contributed by atoms with Gasteiger partial charge < -0.3 is 10.6 Å². The van der Waals surface area contributed by atoms with Crippen LogP contribution in [0.1, 0.15) is 23.7 Å². The van der Waals surface area contributed by atoms with E-state index in [1.165, 1.54) is 0 Å². The van der Waals surface area contributed by atoms with Crippen molar-refractivity contribution in [2.24, 2.45) is 11.7 Å². The van der Waals surface area contributed by atoms with Crippen molar-refractivity contribution in [1.29, 1.82) is 0 Å². The number of benzene rings is 1. The van der Waals surface area contributed by atoms with Crippen LogP contribution in [0.15, 0.2) is 18.2 Å². The van der Waals surface area contributed by atoms with Gasteiger partial charge in [-0.15, -0.1) is 12.4 Å². The third kappa shape index (κ3) is 3.48. The molecule has 0 aromatic heterocycles. The number of likely N-dealkylation sites (tertiary alicyclic amines) is 1. The summed E-state index contributed by atoms with van der Waals surface area (Å²) in [6.07, 6.45) is 0.775. The zero-order valence-electron chi connectivity index (χ0n) is 11.5. The Balaban J connectivity index is 0.00000220. The van der Waals surface area contributed by atoms with Gasteiger partial charge in [0.2, 0.25) is 0 Å². The van der Waals surface area contributed by atoms with Gasteiger partial charge >= 0.3 is 0 Å². The minimum Gasteiger partial charge on any atom is -0.335 e. The molecule has 2 unspecified atom stereocenters. The van der Waals surface area contributed by atoms with Crippen molar-refractivity contribution in [2.75, 3.05) is 13.1 Å². The zero-order valence-corrected chi connectivity index (χ0v) is 12.3. The molecule has 1 aromatic carbocycles. The van der Waals surface area contributed by atoms with Crippen LogP contribution < -0.4 is 5.73 Å². The van der Waals surface area contributed by atoms with Crippen LogP contribution in [-0.4, -0.2) is 34.9 Å². The molecule has 0 saturated carbocycles. The lowest BCUT2D eigenvalue weighted by Gasteiger charge is -2.21. The van der Waals surface area contributed by atoms with E-state index in [1.54, 1.807) is 4.90 Å². The van der Waals surface area contributed by atoms with Gasteiger partial charge in [-0.2, -0.15) is 0 Å². The molecular weight excluding hydrogens is 301 g/mol. The van der Waals surface area contributed by atoms with Gasteiger partial charge in [-0.1, -0.05) is 0 Å². The molecule has 1 aliphatic heterocycles. The van der Waals surface area contributed by atoms with Crippen molar-refractivity contribution < 1.29 is 14.1 Å². The molecule has 1 heterocycles. The standard InChI is InChI=1S/C13H16FN3O3.ClH/c1-8-4-9(6-15)7-16(8)13(18)11-3-2-10(14)5-12(11)17(19)20;/h2-3,5,8-9H,4,6-7,15H2,1H3;1H. The number of amides is 1. The van der Waals surface area contributed by atoms with E-state index >= 15 is 0 Å². The minimum absolute atomic E-state index is 0. The molecule has 0 bridgehead atoms. The number of halogens is 2. The first-order valence-corrected chi connectivity index (χ1v) is 6.39. The second-order valence-corrected chi connectivity index (χ2v) is 5.06. The Morgan fingerprint density at radius 1 is 1.57 bits per heavy atom. The fourth-order valence-electron chi connectivity index (χ4n) is 2.59. The average Bonchev–Trinajstić information content (AvgIpc) is 2.79. The summed E-state index contributed by atoms with van der Waals surface area (Å²) in [5.74, 6) is -0.976. The van der Waals surface area contributed by atoms with Crippen molar-refractivity contribution >= 4 is 24.0 Å². The fourth-order valence-corrected chi connectivity index (χ4v) is 2.59. The Hall–Kier alpha value is -1.73. The number of carbonyl (C=O) groups excluding carboxylic acids is 1. The van der Waals surface area contributed by atoms with Crippen molar-refractivity contribution in [3.63, 3.8) is 0 Å². The Morgan fingerprint density at radius 3 is 2.76 bits per heavy atom. The number of nitrogens with two attached hydrogens (primary N) is 1. The summed E-state index contributed by atoms with van der Waals surface area (Å²) < 4.78 is 13.1. The van der Waals surface area contributed by atoms with Gasteiger partial charge in [0.1, 0.15) is 11.4 Å². The molecule has 2 atom stereocenters. The summed E-state index contributed by atoms with van der Waals surface area (Å²) in [6, 6.07) is 2.97. The molecule has 0 radical (unpaired) electrons. The second kappa shape index (κ2) is 6.82. The highest BCUT2D eigenvalue weighted by atomic mass is 35.5. The van der Waals surface area contributed by atoms with Crippen molar-refractivity contribution in [3.05, 3.63) is 39.7 Å². The molecule has 8 heteroatoms. The summed E-state index contributed by atoms with van der Waals surface area (Å²) in [5, 5.41) is 10.9. The van der Waals surface area contributed by atoms with Crippen LogP contribution >= 0.6 is 12.4 Å². The topological polar surface area (TPSA) is 89.5 Å². The molecule has 0 spiro atoms. The summed E-state index contributed by atoms with van der Waals surface area (Å²) in [7, 11) is 0. The van der Waals surface area contributed by atoms with Crippen LogP contribution in [-0.2, 0) is 0 Å². The Bertz CT molecular complexity index is 555. The van der Waals surface area contributed by atoms with Crippen LogP contribution in [0, 0.1) is 21.8 Å². The van der Waals surface area contributed by atoms with Gasteiger partial charge in [-0.25, -0.2) is 4.39 Å². The van der Waals surface area contributed by atoms with E-state index in [-0.39, 0.29) is 29.9 Å². The summed E-state index contributed by atoms with van der Waals surface area (Å²) in [4.78, 5) is 24.2. The molecule has 116 valence electrons. The summed E-state index contributed by atoms with van der Waals surface area (Å²) >= 11 is 0. The summed E-state index contributed by atoms with van der Waals surface area (Å²) in [5.41, 5.74) is 5.02. The first-order valence-electron chi connectivity index (χ1n) is 6.39. The van der Waals surface area contributed by atoms with Crippen LogP contribution in [0.25, 0.3) is 0 Å². The third-order valence-electron chi connectivity index (χ3n) is 3.64. The van der Waals surface area contributed by atoms with E-state index in [4.69, 9.17) is 5.73 Å². The fraction of sp³-hybridized carbons (Fsp3) is 0.462. The number of rotatable bonds is 3. The van der Waals surface area contributed by atoms with E-state index in [9.17, 15) is 19.3 Å². The SMILES string of the molecule is CC1CC(CN)CN1C(=O)c1ccc(F)cc1[N+](=O)[O-].Cl.